The van der Waals surface area contributed by atoms with Gasteiger partial charge in [0.2, 0.25) is 0 Å². The molecule has 0 fully saturated rings. The molecule has 42 heavy (non-hydrogen) atoms. The Morgan fingerprint density at radius 2 is 1.76 bits per heavy atom. The number of alkyl halides is 3. The van der Waals surface area contributed by atoms with E-state index >= 15 is 0 Å². The van der Waals surface area contributed by atoms with Crippen LogP contribution in [0.1, 0.15) is 61.5 Å². The van der Waals surface area contributed by atoms with Crippen molar-refractivity contribution in [3.05, 3.63) is 59.2 Å². The van der Waals surface area contributed by atoms with Crippen LogP contribution in [0, 0.1) is 5.92 Å². The van der Waals surface area contributed by atoms with Crippen molar-refractivity contribution < 1.29 is 32.5 Å². The standard InChI is InChI=1S/C32H46F3N3O4/c1-22-18-38(23(2)21-39)31(40)28-17-27(36(4)5)14-15-29(28)42-24(3)9-7-8-16-41-30(22)20-37(6)19-25-10-12-26(13-11-25)32(33,34)35/h10-15,17,22-24,30,39H,7-9,16,18-21H2,1-6H3/t22-,23-,24+,30+/m0/s1. The molecule has 0 radical (unpaired) electrons. The zero-order chi connectivity index (χ0) is 31.0. The first-order valence-corrected chi connectivity index (χ1v) is 14.7. The lowest BCUT2D eigenvalue weighted by atomic mass is 10.0. The summed E-state index contributed by atoms with van der Waals surface area (Å²) in [6.45, 7) is 7.52. The molecule has 1 aliphatic heterocycles. The van der Waals surface area contributed by atoms with Crippen LogP contribution in [-0.4, -0.2) is 86.5 Å². The van der Waals surface area contributed by atoms with Gasteiger partial charge in [-0.3, -0.25) is 9.69 Å². The summed E-state index contributed by atoms with van der Waals surface area (Å²) in [6.07, 6.45) is -2.16. The van der Waals surface area contributed by atoms with Crippen LogP contribution in [-0.2, 0) is 17.5 Å². The molecule has 10 heteroatoms. The summed E-state index contributed by atoms with van der Waals surface area (Å²) in [5.41, 5.74) is 1.43. The van der Waals surface area contributed by atoms with Gasteiger partial charge < -0.3 is 24.4 Å². The van der Waals surface area contributed by atoms with Crippen LogP contribution in [0.5, 0.6) is 5.75 Å². The number of benzene rings is 2. The first kappa shape index (κ1) is 33.7. The Balaban J connectivity index is 1.86. The quantitative estimate of drug-likeness (QED) is 0.445. The first-order chi connectivity index (χ1) is 19.8. The van der Waals surface area contributed by atoms with E-state index in [0.29, 0.717) is 37.6 Å². The van der Waals surface area contributed by atoms with Gasteiger partial charge in [0.05, 0.1) is 36.0 Å². The molecular weight excluding hydrogens is 547 g/mol. The lowest BCUT2D eigenvalue weighted by molar-refractivity contribution is -0.137. The number of nitrogens with zero attached hydrogens (tertiary/aromatic N) is 3. The van der Waals surface area contributed by atoms with Gasteiger partial charge in [0.15, 0.2) is 0 Å². The molecule has 0 unspecified atom stereocenters. The highest BCUT2D eigenvalue weighted by Gasteiger charge is 2.31. The molecule has 2 aromatic carbocycles. The van der Waals surface area contributed by atoms with Crippen LogP contribution in [0.15, 0.2) is 42.5 Å². The lowest BCUT2D eigenvalue weighted by Gasteiger charge is -2.36. The monoisotopic (exact) mass is 593 g/mol. The number of carbonyl (C=O) groups excluding carboxylic acids is 1. The van der Waals surface area contributed by atoms with E-state index in [1.807, 2.05) is 69.9 Å². The summed E-state index contributed by atoms with van der Waals surface area (Å²) in [5.74, 6) is 0.214. The summed E-state index contributed by atoms with van der Waals surface area (Å²) in [5, 5.41) is 10.1. The molecule has 234 valence electrons. The maximum atomic E-state index is 14.1. The molecule has 1 N–H and O–H groups in total. The number of likely N-dealkylation sites (N-methyl/N-ethyl adjacent to an activating group) is 1. The Bertz CT molecular complexity index is 1140. The predicted molar refractivity (Wildman–Crippen MR) is 159 cm³/mol. The summed E-state index contributed by atoms with van der Waals surface area (Å²) >= 11 is 0. The molecule has 0 aliphatic carbocycles. The molecule has 3 rings (SSSR count). The topological polar surface area (TPSA) is 65.5 Å². The number of hydrogen-bond acceptors (Lipinski definition) is 6. The van der Waals surface area contributed by atoms with Gasteiger partial charge in [0, 0.05) is 51.9 Å². The first-order valence-electron chi connectivity index (χ1n) is 14.7. The van der Waals surface area contributed by atoms with Crippen molar-refractivity contribution >= 4 is 11.6 Å². The SMILES string of the molecule is C[C@@H]1CCCCO[C@H](CN(C)Cc2ccc(C(F)(F)F)cc2)[C@@H](C)CN([C@@H](C)CO)C(=O)c2cc(N(C)C)ccc2O1. The van der Waals surface area contributed by atoms with E-state index in [2.05, 4.69) is 0 Å². The molecule has 0 saturated heterocycles. The second kappa shape index (κ2) is 15.1. The van der Waals surface area contributed by atoms with E-state index in [9.17, 15) is 23.1 Å². The summed E-state index contributed by atoms with van der Waals surface area (Å²) < 4.78 is 51.6. The van der Waals surface area contributed by atoms with Gasteiger partial charge in [-0.05, 0) is 76.1 Å². The molecule has 0 aromatic heterocycles. The number of rotatable bonds is 7. The largest absolute Gasteiger partial charge is 0.490 e. The third kappa shape index (κ3) is 9.34. The minimum absolute atomic E-state index is 0.0960. The van der Waals surface area contributed by atoms with Crippen molar-refractivity contribution in [3.63, 3.8) is 0 Å². The molecule has 0 spiro atoms. The van der Waals surface area contributed by atoms with Crippen molar-refractivity contribution in [3.8, 4) is 5.75 Å². The zero-order valence-electron chi connectivity index (χ0n) is 25.7. The average Bonchev–Trinajstić information content (AvgIpc) is 2.93. The fourth-order valence-electron chi connectivity index (χ4n) is 5.13. The number of ether oxygens (including phenoxy) is 2. The van der Waals surface area contributed by atoms with Crippen LogP contribution < -0.4 is 9.64 Å². The highest BCUT2D eigenvalue weighted by atomic mass is 19.4. The zero-order valence-corrected chi connectivity index (χ0v) is 25.7. The fourth-order valence-corrected chi connectivity index (χ4v) is 5.13. The van der Waals surface area contributed by atoms with E-state index in [1.54, 1.807) is 4.90 Å². The fraction of sp³-hybridized carbons (Fsp3) is 0.594. The van der Waals surface area contributed by atoms with Crippen molar-refractivity contribution in [1.82, 2.24) is 9.80 Å². The molecule has 1 heterocycles. The van der Waals surface area contributed by atoms with E-state index in [4.69, 9.17) is 9.47 Å². The third-order valence-electron chi connectivity index (χ3n) is 7.78. The molecule has 1 amide bonds. The minimum atomic E-state index is -4.37. The van der Waals surface area contributed by atoms with Gasteiger partial charge in [0.1, 0.15) is 5.75 Å². The van der Waals surface area contributed by atoms with Crippen LogP contribution in [0.3, 0.4) is 0 Å². The summed E-state index contributed by atoms with van der Waals surface area (Å²) in [4.78, 5) is 19.7. The number of amides is 1. The van der Waals surface area contributed by atoms with E-state index in [0.717, 1.165) is 42.6 Å². The number of fused-ring (bicyclic) bond motifs is 1. The highest BCUT2D eigenvalue weighted by molar-refractivity contribution is 5.98. The maximum absolute atomic E-state index is 14.1. The van der Waals surface area contributed by atoms with Crippen LogP contribution >= 0.6 is 0 Å². The Labute approximate surface area is 248 Å². The van der Waals surface area contributed by atoms with Gasteiger partial charge in [0.25, 0.3) is 5.91 Å². The van der Waals surface area contributed by atoms with Crippen LogP contribution in [0.4, 0.5) is 18.9 Å². The Hall–Kier alpha value is -2.82. The third-order valence-corrected chi connectivity index (χ3v) is 7.78. The van der Waals surface area contributed by atoms with Crippen LogP contribution in [0.2, 0.25) is 0 Å². The number of hydrogen-bond donors (Lipinski definition) is 1. The lowest BCUT2D eigenvalue weighted by Crippen LogP contribution is -2.47. The van der Waals surface area contributed by atoms with Crippen molar-refractivity contribution in [2.75, 3.05) is 52.3 Å². The van der Waals surface area contributed by atoms with Gasteiger partial charge in [-0.1, -0.05) is 19.1 Å². The van der Waals surface area contributed by atoms with Gasteiger partial charge >= 0.3 is 6.18 Å². The Morgan fingerprint density at radius 1 is 1.07 bits per heavy atom. The van der Waals surface area contributed by atoms with Crippen molar-refractivity contribution in [1.29, 1.82) is 0 Å². The molecule has 4 atom stereocenters. The number of aliphatic hydroxyl groups is 1. The van der Waals surface area contributed by atoms with E-state index < -0.39 is 17.8 Å². The van der Waals surface area contributed by atoms with E-state index in [-0.39, 0.29) is 30.6 Å². The second-order valence-corrected chi connectivity index (χ2v) is 11.8. The normalized spacial score (nSPS) is 21.8. The molecular formula is C32H46F3N3O4. The predicted octanol–water partition coefficient (Wildman–Crippen LogP) is 5.70. The average molecular weight is 594 g/mol. The van der Waals surface area contributed by atoms with Gasteiger partial charge in [-0.2, -0.15) is 13.2 Å². The smallest absolute Gasteiger partial charge is 0.416 e. The minimum Gasteiger partial charge on any atom is -0.490 e. The molecule has 1 aliphatic rings. The summed E-state index contributed by atoms with van der Waals surface area (Å²) in [7, 11) is 5.74. The molecule has 0 saturated carbocycles. The van der Waals surface area contributed by atoms with Gasteiger partial charge in [-0.15, -0.1) is 0 Å². The Morgan fingerprint density at radius 3 is 2.38 bits per heavy atom. The maximum Gasteiger partial charge on any atom is 0.416 e. The molecule has 0 bridgehead atoms. The molecule has 7 nitrogen and oxygen atoms in total. The molecule has 2 aromatic rings. The number of halogens is 3. The van der Waals surface area contributed by atoms with Crippen LogP contribution in [0.25, 0.3) is 0 Å². The summed E-state index contributed by atoms with van der Waals surface area (Å²) in [6, 6.07) is 10.4. The number of carbonyl (C=O) groups is 1. The number of anilines is 1. The highest BCUT2D eigenvalue weighted by Crippen LogP contribution is 2.30. The van der Waals surface area contributed by atoms with Crippen molar-refractivity contribution in [2.24, 2.45) is 5.92 Å². The Kier molecular flexibility index (Phi) is 12.1. The second-order valence-electron chi connectivity index (χ2n) is 11.8. The van der Waals surface area contributed by atoms with E-state index in [1.165, 1.54) is 12.1 Å². The number of aliphatic hydroxyl groups excluding tert-OH is 1. The van der Waals surface area contributed by atoms with Gasteiger partial charge in [-0.25, -0.2) is 0 Å². The van der Waals surface area contributed by atoms with Crippen molar-refractivity contribution in [2.45, 2.75) is 71.0 Å².